The number of rotatable bonds is 4. The van der Waals surface area contributed by atoms with Crippen LogP contribution >= 0.6 is 23.6 Å². The van der Waals surface area contributed by atoms with E-state index in [1.54, 1.807) is 0 Å². The highest BCUT2D eigenvalue weighted by atomic mass is 32.1. The molecular formula is C18H19FN4O2S2. The quantitative estimate of drug-likeness (QED) is 0.679. The van der Waals surface area contributed by atoms with Crippen LogP contribution in [-0.2, 0) is 13.0 Å². The first-order valence-corrected chi connectivity index (χ1v) is 9.66. The molecule has 2 amide bonds. The number of nitrogens with one attached hydrogen (secondary N) is 2. The maximum Gasteiger partial charge on any atom is 0.257 e. The van der Waals surface area contributed by atoms with E-state index < -0.39 is 17.6 Å². The van der Waals surface area contributed by atoms with E-state index in [1.807, 2.05) is 0 Å². The van der Waals surface area contributed by atoms with E-state index in [2.05, 4.69) is 22.5 Å². The van der Waals surface area contributed by atoms with Crippen molar-refractivity contribution in [1.82, 2.24) is 10.2 Å². The number of nitrogens with zero attached hydrogens (tertiary/aromatic N) is 1. The molecule has 0 atom stereocenters. The molecule has 0 radical (unpaired) electrons. The number of benzene rings is 1. The van der Waals surface area contributed by atoms with Crippen LogP contribution < -0.4 is 16.4 Å². The third-order valence-electron chi connectivity index (χ3n) is 4.37. The molecule has 0 saturated heterocycles. The number of halogens is 1. The number of hydrogen-bond donors (Lipinski definition) is 3. The van der Waals surface area contributed by atoms with Crippen molar-refractivity contribution in [3.8, 4) is 0 Å². The van der Waals surface area contributed by atoms with Crippen LogP contribution in [0.15, 0.2) is 24.3 Å². The fourth-order valence-electron chi connectivity index (χ4n) is 3.01. The molecular weight excluding hydrogens is 387 g/mol. The van der Waals surface area contributed by atoms with E-state index in [4.69, 9.17) is 18.0 Å². The second-order valence-corrected chi connectivity index (χ2v) is 7.62. The van der Waals surface area contributed by atoms with Gasteiger partial charge in [-0.3, -0.25) is 19.8 Å². The zero-order valence-electron chi connectivity index (χ0n) is 14.7. The smallest absolute Gasteiger partial charge is 0.257 e. The van der Waals surface area contributed by atoms with Gasteiger partial charge in [0, 0.05) is 23.5 Å². The standard InChI is InChI=1S/C18H19FN4O2S2/c1-2-23-7-6-12-13(9-23)27-17(14(12)15(20)24)22-18(26)21-16(25)10-4-3-5-11(19)8-10/h3-5,8H,2,6-7,9H2,1H3,(H2,20,24)(H2,21,22,25,26). The minimum atomic E-state index is -0.536. The average Bonchev–Trinajstić information content (AvgIpc) is 2.98. The Morgan fingerprint density at radius 3 is 2.85 bits per heavy atom. The van der Waals surface area contributed by atoms with Crippen molar-refractivity contribution in [3.63, 3.8) is 0 Å². The van der Waals surface area contributed by atoms with E-state index in [0.717, 1.165) is 42.6 Å². The molecule has 2 heterocycles. The van der Waals surface area contributed by atoms with Gasteiger partial charge in [-0.05, 0) is 48.9 Å². The van der Waals surface area contributed by atoms with Gasteiger partial charge in [0.15, 0.2) is 5.11 Å². The van der Waals surface area contributed by atoms with Crippen molar-refractivity contribution in [2.45, 2.75) is 19.9 Å². The average molecular weight is 407 g/mol. The Balaban J connectivity index is 1.77. The summed E-state index contributed by atoms with van der Waals surface area (Å²) in [5.41, 5.74) is 7.10. The summed E-state index contributed by atoms with van der Waals surface area (Å²) in [5.74, 6) is -1.57. The van der Waals surface area contributed by atoms with Gasteiger partial charge in [-0.1, -0.05) is 13.0 Å². The molecule has 9 heteroatoms. The molecule has 4 N–H and O–H groups in total. The van der Waals surface area contributed by atoms with Crippen molar-refractivity contribution in [3.05, 3.63) is 51.7 Å². The summed E-state index contributed by atoms with van der Waals surface area (Å²) in [6.07, 6.45) is 0.738. The van der Waals surface area contributed by atoms with E-state index >= 15 is 0 Å². The monoisotopic (exact) mass is 406 g/mol. The number of primary amides is 1. The molecule has 1 aliphatic heterocycles. The van der Waals surface area contributed by atoms with Gasteiger partial charge in [0.25, 0.3) is 11.8 Å². The Hall–Kier alpha value is -2.36. The molecule has 142 valence electrons. The number of thiophene rings is 1. The molecule has 0 bridgehead atoms. The highest BCUT2D eigenvalue weighted by Crippen LogP contribution is 2.36. The summed E-state index contributed by atoms with van der Waals surface area (Å²) >= 11 is 6.60. The Morgan fingerprint density at radius 1 is 1.41 bits per heavy atom. The van der Waals surface area contributed by atoms with Gasteiger partial charge in [0.05, 0.1) is 5.56 Å². The molecule has 27 heavy (non-hydrogen) atoms. The third kappa shape index (κ3) is 4.32. The lowest BCUT2D eigenvalue weighted by molar-refractivity contribution is 0.0975. The number of nitrogens with two attached hydrogens (primary N) is 1. The van der Waals surface area contributed by atoms with Crippen LogP contribution in [0.25, 0.3) is 0 Å². The SMILES string of the molecule is CCN1CCc2c(sc(NC(=S)NC(=O)c3cccc(F)c3)c2C(N)=O)C1. The summed E-state index contributed by atoms with van der Waals surface area (Å²) < 4.78 is 13.3. The Morgan fingerprint density at radius 2 is 2.19 bits per heavy atom. The van der Waals surface area contributed by atoms with Gasteiger partial charge in [-0.15, -0.1) is 11.3 Å². The summed E-state index contributed by atoms with van der Waals surface area (Å²) in [7, 11) is 0. The van der Waals surface area contributed by atoms with Crippen LogP contribution in [0.2, 0.25) is 0 Å². The number of anilines is 1. The second kappa shape index (κ2) is 8.12. The summed E-state index contributed by atoms with van der Waals surface area (Å²) in [4.78, 5) is 27.5. The molecule has 2 aromatic rings. The van der Waals surface area contributed by atoms with Crippen LogP contribution in [0, 0.1) is 5.82 Å². The van der Waals surface area contributed by atoms with E-state index in [-0.39, 0.29) is 10.7 Å². The first-order chi connectivity index (χ1) is 12.9. The first-order valence-electron chi connectivity index (χ1n) is 8.43. The molecule has 0 spiro atoms. The second-order valence-electron chi connectivity index (χ2n) is 6.11. The highest BCUT2D eigenvalue weighted by Gasteiger charge is 2.27. The molecule has 0 fully saturated rings. The lowest BCUT2D eigenvalue weighted by Gasteiger charge is -2.25. The number of thiocarbonyl (C=S) groups is 1. The predicted octanol–water partition coefficient (Wildman–Crippen LogP) is 2.49. The van der Waals surface area contributed by atoms with E-state index in [0.29, 0.717) is 10.6 Å². The molecule has 6 nitrogen and oxygen atoms in total. The van der Waals surface area contributed by atoms with Crippen molar-refractivity contribution in [1.29, 1.82) is 0 Å². The van der Waals surface area contributed by atoms with Gasteiger partial charge < -0.3 is 11.1 Å². The maximum absolute atomic E-state index is 13.3. The maximum atomic E-state index is 13.3. The number of likely N-dealkylation sites (N-methyl/N-ethyl adjacent to an activating group) is 1. The molecule has 1 aromatic carbocycles. The van der Waals surface area contributed by atoms with Gasteiger partial charge >= 0.3 is 0 Å². The molecule has 0 aliphatic carbocycles. The van der Waals surface area contributed by atoms with E-state index in [1.165, 1.54) is 29.5 Å². The normalized spacial score (nSPS) is 13.7. The van der Waals surface area contributed by atoms with E-state index in [9.17, 15) is 14.0 Å². The summed E-state index contributed by atoms with van der Waals surface area (Å²) in [6.45, 7) is 4.62. The van der Waals surface area contributed by atoms with Crippen molar-refractivity contribution >= 4 is 45.5 Å². The Bertz CT molecular complexity index is 913. The molecule has 1 aliphatic rings. The summed E-state index contributed by atoms with van der Waals surface area (Å²) in [6, 6.07) is 5.30. The molecule has 0 unspecified atom stereocenters. The predicted molar refractivity (Wildman–Crippen MR) is 108 cm³/mol. The molecule has 0 saturated carbocycles. The van der Waals surface area contributed by atoms with Crippen LogP contribution in [0.4, 0.5) is 9.39 Å². The largest absolute Gasteiger partial charge is 0.365 e. The topological polar surface area (TPSA) is 87.5 Å². The van der Waals surface area contributed by atoms with Crippen LogP contribution in [0.3, 0.4) is 0 Å². The molecule has 1 aromatic heterocycles. The number of fused-ring (bicyclic) bond motifs is 1. The van der Waals surface area contributed by atoms with Crippen LogP contribution in [0.1, 0.15) is 38.1 Å². The fraction of sp³-hybridized carbons (Fsp3) is 0.278. The Labute approximate surface area is 165 Å². The molecule has 3 rings (SSSR count). The van der Waals surface area contributed by atoms with Crippen LogP contribution in [0.5, 0.6) is 0 Å². The van der Waals surface area contributed by atoms with Gasteiger partial charge in [0.2, 0.25) is 0 Å². The number of carbonyl (C=O) groups is 2. The third-order valence-corrected chi connectivity index (χ3v) is 5.71. The fourth-order valence-corrected chi connectivity index (χ4v) is 4.57. The Kier molecular flexibility index (Phi) is 5.83. The van der Waals surface area contributed by atoms with Crippen molar-refractivity contribution in [2.75, 3.05) is 18.4 Å². The lowest BCUT2D eigenvalue weighted by atomic mass is 10.0. The zero-order chi connectivity index (χ0) is 19.6. The first kappa shape index (κ1) is 19.4. The number of carbonyl (C=O) groups excluding carboxylic acids is 2. The lowest BCUT2D eigenvalue weighted by Crippen LogP contribution is -2.34. The minimum absolute atomic E-state index is 0.0257. The minimum Gasteiger partial charge on any atom is -0.365 e. The van der Waals surface area contributed by atoms with Gasteiger partial charge in [0.1, 0.15) is 10.8 Å². The van der Waals surface area contributed by atoms with Gasteiger partial charge in [-0.25, -0.2) is 4.39 Å². The van der Waals surface area contributed by atoms with Crippen molar-refractivity contribution in [2.24, 2.45) is 5.73 Å². The highest BCUT2D eigenvalue weighted by molar-refractivity contribution is 7.80. The number of hydrogen-bond acceptors (Lipinski definition) is 5. The summed E-state index contributed by atoms with van der Waals surface area (Å²) in [5, 5.41) is 5.95. The van der Waals surface area contributed by atoms with Crippen molar-refractivity contribution < 1.29 is 14.0 Å². The van der Waals surface area contributed by atoms with Gasteiger partial charge in [-0.2, -0.15) is 0 Å². The number of amides is 2. The zero-order valence-corrected chi connectivity index (χ0v) is 16.3. The van der Waals surface area contributed by atoms with Crippen LogP contribution in [-0.4, -0.2) is 34.9 Å².